The molecule has 1 saturated heterocycles. The number of hydrogen-bond donors (Lipinski definition) is 4. The number of amides is 3. The van der Waals surface area contributed by atoms with Crippen LogP contribution in [-0.2, 0) is 9.32 Å². The number of likely N-dealkylation sites (tertiary alicyclic amines) is 1. The van der Waals surface area contributed by atoms with Gasteiger partial charge in [0.1, 0.15) is 6.04 Å². The number of carbonyl (C=O) groups is 2. The molecule has 33 heavy (non-hydrogen) atoms. The van der Waals surface area contributed by atoms with E-state index in [1.165, 1.54) is 5.56 Å². The molecule has 8 nitrogen and oxygen atoms in total. The van der Waals surface area contributed by atoms with E-state index in [4.69, 9.17) is 25.9 Å². The Kier molecular flexibility index (Phi) is 9.54. The summed E-state index contributed by atoms with van der Waals surface area (Å²) in [5.74, 6) is 0.0956. The van der Waals surface area contributed by atoms with Crippen molar-refractivity contribution in [3.63, 3.8) is 0 Å². The van der Waals surface area contributed by atoms with Crippen molar-refractivity contribution in [3.8, 4) is 0 Å². The summed E-state index contributed by atoms with van der Waals surface area (Å²) in [4.78, 5) is 45.8. The van der Waals surface area contributed by atoms with Gasteiger partial charge in [-0.1, -0.05) is 51.4 Å². The molecule has 1 aliphatic rings. The van der Waals surface area contributed by atoms with E-state index in [-0.39, 0.29) is 23.8 Å². The molecule has 4 N–H and O–H groups in total. The van der Waals surface area contributed by atoms with Gasteiger partial charge in [0, 0.05) is 24.7 Å². The van der Waals surface area contributed by atoms with E-state index < -0.39 is 26.3 Å². The van der Waals surface area contributed by atoms with Crippen LogP contribution in [-0.4, -0.2) is 57.9 Å². The highest BCUT2D eigenvalue weighted by Crippen LogP contribution is 2.42. The van der Waals surface area contributed by atoms with Gasteiger partial charge >= 0.3 is 14.6 Å². The van der Waals surface area contributed by atoms with Gasteiger partial charge in [-0.15, -0.1) is 0 Å². The second-order valence-corrected chi connectivity index (χ2v) is 11.4. The van der Waals surface area contributed by atoms with Crippen molar-refractivity contribution in [2.45, 2.75) is 65.5 Å². The molecule has 2 atom stereocenters. The van der Waals surface area contributed by atoms with E-state index >= 15 is 0 Å². The van der Waals surface area contributed by atoms with E-state index in [1.54, 1.807) is 13.8 Å². The van der Waals surface area contributed by atoms with E-state index in [9.17, 15) is 9.59 Å². The van der Waals surface area contributed by atoms with E-state index in [1.807, 2.05) is 30.9 Å². The maximum absolute atomic E-state index is 13.4. The van der Waals surface area contributed by atoms with Gasteiger partial charge in [-0.2, -0.15) is 0 Å². The maximum atomic E-state index is 13.4. The third-order valence-electron chi connectivity index (χ3n) is 6.04. The first-order valence-electron chi connectivity index (χ1n) is 11.2. The molecule has 1 aromatic carbocycles. The highest BCUT2D eigenvalue weighted by Gasteiger charge is 2.40. The Balaban J connectivity index is 2.01. The summed E-state index contributed by atoms with van der Waals surface area (Å²) in [6.07, 6.45) is 0.828. The molecular formula is C23H37ClN3O5P. The van der Waals surface area contributed by atoms with Crippen molar-refractivity contribution in [1.82, 2.24) is 15.5 Å². The Labute approximate surface area is 203 Å². The summed E-state index contributed by atoms with van der Waals surface area (Å²) in [5, 5.41) is 6.14. The lowest BCUT2D eigenvalue weighted by Gasteiger charge is -2.45. The van der Waals surface area contributed by atoms with Crippen molar-refractivity contribution in [2.24, 2.45) is 11.3 Å². The fraction of sp³-hybridized carbons (Fsp3) is 0.652. The lowest BCUT2D eigenvalue weighted by Crippen LogP contribution is -2.57. The van der Waals surface area contributed by atoms with Gasteiger partial charge < -0.3 is 29.8 Å². The molecule has 1 fully saturated rings. The minimum absolute atomic E-state index is 0.0529. The van der Waals surface area contributed by atoms with Crippen LogP contribution < -0.4 is 10.6 Å². The highest BCUT2D eigenvalue weighted by molar-refractivity contribution is 7.39. The number of nitrogens with one attached hydrogen (secondary N) is 2. The van der Waals surface area contributed by atoms with Crippen LogP contribution in [0.15, 0.2) is 24.3 Å². The summed E-state index contributed by atoms with van der Waals surface area (Å²) in [5.41, 5.74) is 0.116. The summed E-state index contributed by atoms with van der Waals surface area (Å²) in [6, 6.07) is 6.72. The molecule has 10 heteroatoms. The molecule has 3 amide bonds. The standard InChI is InChI=1S/C23H37ClN3O5P/c1-15(2)19(26-21(29)25-13-23(5,6)32-33(30)31)20(28)27-12-11-18(22(3,4)14-27)16-7-9-17(24)10-8-16/h7-10,15,18-19,30-31H,11-14H2,1-6H3,(H2,25,26,29). The van der Waals surface area contributed by atoms with Crippen LogP contribution in [0.25, 0.3) is 0 Å². The van der Waals surface area contributed by atoms with Gasteiger partial charge in [-0.3, -0.25) is 4.79 Å². The minimum atomic E-state index is -2.54. The molecule has 1 heterocycles. The van der Waals surface area contributed by atoms with E-state index in [2.05, 4.69) is 36.6 Å². The first kappa shape index (κ1) is 27.8. The normalized spacial score (nSPS) is 19.5. The average Bonchev–Trinajstić information content (AvgIpc) is 2.69. The van der Waals surface area contributed by atoms with Crippen molar-refractivity contribution < 1.29 is 23.9 Å². The number of hydrogen-bond acceptors (Lipinski definition) is 5. The lowest BCUT2D eigenvalue weighted by molar-refractivity contribution is -0.137. The molecule has 0 aromatic heterocycles. The molecular weight excluding hydrogens is 465 g/mol. The number of halogens is 1. The number of urea groups is 1. The zero-order chi connectivity index (χ0) is 25.0. The highest BCUT2D eigenvalue weighted by atomic mass is 35.5. The first-order valence-corrected chi connectivity index (χ1v) is 12.7. The fourth-order valence-corrected chi connectivity index (χ4v) is 4.94. The molecule has 0 bridgehead atoms. The Hall–Kier alpha value is -1.44. The van der Waals surface area contributed by atoms with Gasteiger partial charge in [0.2, 0.25) is 5.91 Å². The third kappa shape index (κ3) is 8.08. The number of rotatable bonds is 8. The zero-order valence-electron chi connectivity index (χ0n) is 20.3. The van der Waals surface area contributed by atoms with Crippen molar-refractivity contribution in [1.29, 1.82) is 0 Å². The number of benzene rings is 1. The SMILES string of the molecule is CC(C)C(NC(=O)NCC(C)(C)OP(O)O)C(=O)N1CCC(c2ccc(Cl)cc2)C(C)(C)C1. The molecule has 1 aromatic rings. The van der Waals surface area contributed by atoms with Gasteiger partial charge in [0.25, 0.3) is 0 Å². The number of piperidine rings is 1. The largest absolute Gasteiger partial charge is 0.340 e. The van der Waals surface area contributed by atoms with Crippen molar-refractivity contribution in [2.75, 3.05) is 19.6 Å². The summed E-state index contributed by atoms with van der Waals surface area (Å²) in [7, 11) is -2.54. The van der Waals surface area contributed by atoms with Gasteiger partial charge in [-0.05, 0) is 55.2 Å². The fourth-order valence-electron chi connectivity index (χ4n) is 4.31. The predicted octanol–water partition coefficient (Wildman–Crippen LogP) is 4.01. The molecule has 2 unspecified atom stereocenters. The van der Waals surface area contributed by atoms with Crippen LogP contribution in [0, 0.1) is 11.3 Å². The monoisotopic (exact) mass is 501 g/mol. The molecule has 1 aliphatic heterocycles. The molecule has 2 rings (SSSR count). The Morgan fingerprint density at radius 1 is 1.27 bits per heavy atom. The third-order valence-corrected chi connectivity index (χ3v) is 6.95. The average molecular weight is 502 g/mol. The van der Waals surface area contributed by atoms with Crippen LogP contribution in [0.2, 0.25) is 5.02 Å². The van der Waals surface area contributed by atoms with Gasteiger partial charge in [0.15, 0.2) is 0 Å². The topological polar surface area (TPSA) is 111 Å². The van der Waals surface area contributed by atoms with E-state index in [0.29, 0.717) is 24.0 Å². The van der Waals surface area contributed by atoms with Crippen LogP contribution in [0.1, 0.15) is 59.4 Å². The Bertz CT molecular complexity index is 817. The minimum Gasteiger partial charge on any atom is -0.340 e. The molecule has 0 spiro atoms. The quantitative estimate of drug-likeness (QED) is 0.402. The van der Waals surface area contributed by atoms with Crippen LogP contribution >= 0.6 is 20.2 Å². The number of carbonyl (C=O) groups excluding carboxylic acids is 2. The second kappa shape index (κ2) is 11.3. The molecule has 0 radical (unpaired) electrons. The Morgan fingerprint density at radius 2 is 1.88 bits per heavy atom. The van der Waals surface area contributed by atoms with Gasteiger partial charge in [0.05, 0.1) is 5.60 Å². The second-order valence-electron chi connectivity index (χ2n) is 10.3. The predicted molar refractivity (Wildman–Crippen MR) is 131 cm³/mol. The van der Waals surface area contributed by atoms with Gasteiger partial charge in [-0.25, -0.2) is 4.79 Å². The summed E-state index contributed by atoms with van der Waals surface area (Å²) in [6.45, 7) is 12.6. The first-order chi connectivity index (χ1) is 15.2. The number of nitrogens with zero attached hydrogens (tertiary/aromatic N) is 1. The van der Waals surface area contributed by atoms with Crippen molar-refractivity contribution >= 4 is 32.1 Å². The molecule has 0 aliphatic carbocycles. The van der Waals surface area contributed by atoms with Crippen LogP contribution in [0.3, 0.4) is 0 Å². The summed E-state index contributed by atoms with van der Waals surface area (Å²) >= 11 is 6.04. The maximum Gasteiger partial charge on any atom is 0.327 e. The molecule has 0 saturated carbocycles. The zero-order valence-corrected chi connectivity index (χ0v) is 21.9. The van der Waals surface area contributed by atoms with Crippen molar-refractivity contribution in [3.05, 3.63) is 34.9 Å². The summed E-state index contributed by atoms with van der Waals surface area (Å²) < 4.78 is 5.01. The molecule has 186 valence electrons. The van der Waals surface area contributed by atoms with Crippen LogP contribution in [0.5, 0.6) is 0 Å². The lowest BCUT2D eigenvalue weighted by atomic mass is 9.70. The van der Waals surface area contributed by atoms with Crippen LogP contribution in [0.4, 0.5) is 4.79 Å². The van der Waals surface area contributed by atoms with E-state index in [0.717, 1.165) is 6.42 Å². The Morgan fingerprint density at radius 3 is 2.39 bits per heavy atom. The smallest absolute Gasteiger partial charge is 0.327 e.